The molecule has 21 heavy (non-hydrogen) atoms. The molecule has 112 valence electrons. The van der Waals surface area contributed by atoms with Crippen LogP contribution in [0.3, 0.4) is 0 Å². The van der Waals surface area contributed by atoms with E-state index < -0.39 is 5.41 Å². The predicted molar refractivity (Wildman–Crippen MR) is 83.9 cm³/mol. The molecular formula is C17H22N2O2. The van der Waals surface area contributed by atoms with Crippen LogP contribution in [0, 0.1) is 5.41 Å². The van der Waals surface area contributed by atoms with Gasteiger partial charge in [0.25, 0.3) is 0 Å². The third-order valence-corrected chi connectivity index (χ3v) is 3.61. The van der Waals surface area contributed by atoms with Crippen LogP contribution in [0.1, 0.15) is 19.4 Å². The number of ether oxygens (including phenoxy) is 1. The van der Waals surface area contributed by atoms with Crippen molar-refractivity contribution in [3.63, 3.8) is 0 Å². The number of fused-ring (bicyclic) bond motifs is 1. The number of benzene rings is 1. The summed E-state index contributed by atoms with van der Waals surface area (Å²) in [5.41, 5.74) is 0.606. The van der Waals surface area contributed by atoms with Crippen LogP contribution < -0.4 is 0 Å². The molecule has 0 aliphatic heterocycles. The van der Waals surface area contributed by atoms with Gasteiger partial charge >= 0.3 is 0 Å². The molecule has 1 heterocycles. The molecule has 0 fully saturated rings. The molecule has 0 unspecified atom stereocenters. The molecule has 1 aromatic heterocycles. The van der Waals surface area contributed by atoms with Crippen LogP contribution >= 0.6 is 0 Å². The lowest BCUT2D eigenvalue weighted by molar-refractivity contribution is -0.142. The minimum absolute atomic E-state index is 0.0791. The van der Waals surface area contributed by atoms with Gasteiger partial charge in [-0.15, -0.1) is 0 Å². The van der Waals surface area contributed by atoms with Crippen molar-refractivity contribution in [2.45, 2.75) is 20.4 Å². The Hall–Kier alpha value is -1.94. The summed E-state index contributed by atoms with van der Waals surface area (Å²) in [5, 5.41) is 2.23. The van der Waals surface area contributed by atoms with Crippen LogP contribution in [0.25, 0.3) is 10.8 Å². The fourth-order valence-electron chi connectivity index (χ4n) is 2.59. The maximum Gasteiger partial charge on any atom is 0.230 e. The third kappa shape index (κ3) is 3.39. The number of nitrogens with zero attached hydrogens (tertiary/aromatic N) is 2. The van der Waals surface area contributed by atoms with Crippen molar-refractivity contribution in [3.05, 3.63) is 42.2 Å². The predicted octanol–water partition coefficient (Wildman–Crippen LogP) is 2.87. The van der Waals surface area contributed by atoms with Gasteiger partial charge in [-0.2, -0.15) is 0 Å². The third-order valence-electron chi connectivity index (χ3n) is 3.61. The van der Waals surface area contributed by atoms with Gasteiger partial charge in [0, 0.05) is 38.5 Å². The van der Waals surface area contributed by atoms with E-state index in [1.807, 2.05) is 45.3 Å². The van der Waals surface area contributed by atoms with Crippen molar-refractivity contribution in [2.75, 3.05) is 20.8 Å². The van der Waals surface area contributed by atoms with E-state index in [1.54, 1.807) is 18.2 Å². The highest BCUT2D eigenvalue weighted by atomic mass is 16.5. The van der Waals surface area contributed by atoms with Gasteiger partial charge in [-0.05, 0) is 30.9 Å². The molecule has 0 aliphatic rings. The molecule has 4 nitrogen and oxygen atoms in total. The van der Waals surface area contributed by atoms with Gasteiger partial charge in [-0.25, -0.2) is 0 Å². The lowest BCUT2D eigenvalue weighted by Gasteiger charge is -2.29. The quantitative estimate of drug-likeness (QED) is 0.849. The zero-order valence-electron chi connectivity index (χ0n) is 13.1. The first-order valence-corrected chi connectivity index (χ1v) is 7.02. The van der Waals surface area contributed by atoms with Crippen LogP contribution in [0.4, 0.5) is 0 Å². The molecule has 4 heteroatoms. The smallest absolute Gasteiger partial charge is 0.230 e. The molecule has 1 aromatic carbocycles. The number of carbonyl (C=O) groups excluding carboxylic acids is 1. The van der Waals surface area contributed by atoms with Gasteiger partial charge in [0.05, 0.1) is 12.0 Å². The number of pyridine rings is 1. The fourth-order valence-corrected chi connectivity index (χ4v) is 2.59. The Morgan fingerprint density at radius 3 is 2.81 bits per heavy atom. The highest BCUT2D eigenvalue weighted by Crippen LogP contribution is 2.22. The standard InChI is InChI=1S/C17H22N2O2/c1-17(2,12-21-4)16(20)19(3)11-14-7-5-6-13-10-18-9-8-15(13)14/h5-10H,11-12H2,1-4H3. The molecule has 0 spiro atoms. The summed E-state index contributed by atoms with van der Waals surface area (Å²) in [5.74, 6) is 0.0791. The maximum absolute atomic E-state index is 12.5. The summed E-state index contributed by atoms with van der Waals surface area (Å²) < 4.78 is 5.14. The minimum Gasteiger partial charge on any atom is -0.384 e. The SMILES string of the molecule is COCC(C)(C)C(=O)N(C)Cc1cccc2cnccc12. The Labute approximate surface area is 125 Å². The highest BCUT2D eigenvalue weighted by molar-refractivity contribution is 5.86. The van der Waals surface area contributed by atoms with E-state index in [1.165, 1.54) is 0 Å². The molecule has 0 aliphatic carbocycles. The van der Waals surface area contributed by atoms with Crippen molar-refractivity contribution in [1.82, 2.24) is 9.88 Å². The van der Waals surface area contributed by atoms with Crippen LogP contribution in [0.15, 0.2) is 36.7 Å². The number of aromatic nitrogens is 1. The summed E-state index contributed by atoms with van der Waals surface area (Å²) in [6, 6.07) is 8.07. The van der Waals surface area contributed by atoms with E-state index in [9.17, 15) is 4.79 Å². The van der Waals surface area contributed by atoms with Crippen LogP contribution in [-0.4, -0.2) is 36.6 Å². The largest absolute Gasteiger partial charge is 0.384 e. The summed E-state index contributed by atoms with van der Waals surface area (Å²) in [7, 11) is 3.45. The van der Waals surface area contributed by atoms with Gasteiger partial charge in [-0.3, -0.25) is 9.78 Å². The van der Waals surface area contributed by atoms with Crippen molar-refractivity contribution < 1.29 is 9.53 Å². The second-order valence-corrected chi connectivity index (χ2v) is 5.99. The molecule has 1 amide bonds. The first kappa shape index (κ1) is 15.4. The van der Waals surface area contributed by atoms with E-state index >= 15 is 0 Å². The molecular weight excluding hydrogens is 264 g/mol. The molecule has 2 aromatic rings. The molecule has 2 rings (SSSR count). The average Bonchev–Trinajstić information content (AvgIpc) is 2.46. The Kier molecular flexibility index (Phi) is 4.58. The second kappa shape index (κ2) is 6.22. The van der Waals surface area contributed by atoms with Gasteiger partial charge < -0.3 is 9.64 Å². The molecule has 0 N–H and O–H groups in total. The molecule has 0 bridgehead atoms. The van der Waals surface area contributed by atoms with Crippen LogP contribution in [0.5, 0.6) is 0 Å². The Morgan fingerprint density at radius 1 is 1.33 bits per heavy atom. The van der Waals surface area contributed by atoms with E-state index in [0.29, 0.717) is 13.2 Å². The molecule has 0 atom stereocenters. The number of hydrogen-bond donors (Lipinski definition) is 0. The maximum atomic E-state index is 12.5. The normalized spacial score (nSPS) is 11.6. The van der Waals surface area contributed by atoms with Crippen molar-refractivity contribution >= 4 is 16.7 Å². The number of hydrogen-bond acceptors (Lipinski definition) is 3. The first-order valence-electron chi connectivity index (χ1n) is 7.02. The average molecular weight is 286 g/mol. The summed E-state index contributed by atoms with van der Waals surface area (Å²) in [6.07, 6.45) is 3.62. The lowest BCUT2D eigenvalue weighted by Crippen LogP contribution is -2.40. The monoisotopic (exact) mass is 286 g/mol. The highest BCUT2D eigenvalue weighted by Gasteiger charge is 2.30. The molecule has 0 radical (unpaired) electrons. The van der Waals surface area contributed by atoms with Crippen LogP contribution in [0.2, 0.25) is 0 Å². The Bertz CT molecular complexity index is 632. The molecule has 0 saturated carbocycles. The Balaban J connectivity index is 2.22. The topological polar surface area (TPSA) is 42.4 Å². The van der Waals surface area contributed by atoms with Gasteiger partial charge in [0.1, 0.15) is 0 Å². The van der Waals surface area contributed by atoms with Crippen LogP contribution in [-0.2, 0) is 16.1 Å². The van der Waals surface area contributed by atoms with Gasteiger partial charge in [-0.1, -0.05) is 18.2 Å². The van der Waals surface area contributed by atoms with E-state index in [4.69, 9.17) is 4.74 Å². The van der Waals surface area contributed by atoms with Crippen molar-refractivity contribution in [3.8, 4) is 0 Å². The van der Waals surface area contributed by atoms with E-state index in [2.05, 4.69) is 11.1 Å². The lowest BCUT2D eigenvalue weighted by atomic mass is 9.92. The number of carbonyl (C=O) groups is 1. The second-order valence-electron chi connectivity index (χ2n) is 5.99. The van der Waals surface area contributed by atoms with E-state index in [0.717, 1.165) is 16.3 Å². The number of amides is 1. The fraction of sp³-hybridized carbons (Fsp3) is 0.412. The van der Waals surface area contributed by atoms with Gasteiger partial charge in [0.15, 0.2) is 0 Å². The van der Waals surface area contributed by atoms with Gasteiger partial charge in [0.2, 0.25) is 5.91 Å². The number of rotatable bonds is 5. The Morgan fingerprint density at radius 2 is 2.10 bits per heavy atom. The minimum atomic E-state index is -0.518. The van der Waals surface area contributed by atoms with E-state index in [-0.39, 0.29) is 5.91 Å². The first-order chi connectivity index (χ1) is 9.95. The summed E-state index contributed by atoms with van der Waals surface area (Å²) in [6.45, 7) is 4.80. The van der Waals surface area contributed by atoms with Crippen molar-refractivity contribution in [2.24, 2.45) is 5.41 Å². The van der Waals surface area contributed by atoms with Crippen molar-refractivity contribution in [1.29, 1.82) is 0 Å². The summed E-state index contributed by atoms with van der Waals surface area (Å²) in [4.78, 5) is 18.4. The zero-order chi connectivity index (χ0) is 15.5. The number of methoxy groups -OCH3 is 1. The molecule has 0 saturated heterocycles. The zero-order valence-corrected chi connectivity index (χ0v) is 13.1. The summed E-state index contributed by atoms with van der Waals surface area (Å²) >= 11 is 0.